The Morgan fingerprint density at radius 1 is 1.54 bits per heavy atom. The maximum absolute atomic E-state index is 12.7. The molecule has 0 aliphatic rings. The van der Waals surface area contributed by atoms with Gasteiger partial charge in [-0.05, 0) is 22.0 Å². The van der Waals surface area contributed by atoms with Crippen LogP contribution in [0.25, 0.3) is 0 Å². The van der Waals surface area contributed by atoms with E-state index in [9.17, 15) is 18.0 Å². The van der Waals surface area contributed by atoms with Gasteiger partial charge in [-0.25, -0.2) is 18.2 Å². The van der Waals surface area contributed by atoms with Gasteiger partial charge in [0.1, 0.15) is 10.3 Å². The molecule has 0 radical (unpaired) electrons. The van der Waals surface area contributed by atoms with Crippen LogP contribution in [0, 0.1) is 5.82 Å². The zero-order valence-electron chi connectivity index (χ0n) is 6.10. The molecule has 70 valence electrons. The zero-order valence-corrected chi connectivity index (χ0v) is 7.69. The predicted molar refractivity (Wildman–Crippen MR) is 42.2 cm³/mol. The van der Waals surface area contributed by atoms with Crippen LogP contribution in [0.3, 0.4) is 0 Å². The fourth-order valence-electron chi connectivity index (χ4n) is 0.729. The number of pyridine rings is 1. The number of nitrogens with zero attached hydrogens (tertiary/aromatic N) is 1. The summed E-state index contributed by atoms with van der Waals surface area (Å²) in [7, 11) is 0. The van der Waals surface area contributed by atoms with Crippen molar-refractivity contribution in [3.05, 3.63) is 27.7 Å². The number of alkyl halides is 2. The fraction of sp³-hybridized carbons (Fsp3) is 0.143. The highest BCUT2D eigenvalue weighted by Crippen LogP contribution is 2.23. The van der Waals surface area contributed by atoms with Crippen molar-refractivity contribution in [2.45, 2.75) is 6.43 Å². The monoisotopic (exact) mass is 253 g/mol. The highest BCUT2D eigenvalue weighted by atomic mass is 79.9. The van der Waals surface area contributed by atoms with Gasteiger partial charge in [0, 0.05) is 0 Å². The first-order chi connectivity index (χ1) is 6.06. The molecule has 0 amide bonds. The summed E-state index contributed by atoms with van der Waals surface area (Å²) in [4.78, 5) is 13.4. The van der Waals surface area contributed by atoms with E-state index in [1.165, 1.54) is 0 Å². The Kier molecular flexibility index (Phi) is 3.02. The number of hydrogen-bond acceptors (Lipinski definition) is 2. The van der Waals surface area contributed by atoms with Gasteiger partial charge in [-0.1, -0.05) is 0 Å². The first-order valence-electron chi connectivity index (χ1n) is 3.15. The van der Waals surface area contributed by atoms with Crippen LogP contribution < -0.4 is 0 Å². The molecule has 1 rings (SSSR count). The van der Waals surface area contributed by atoms with Gasteiger partial charge in [-0.15, -0.1) is 0 Å². The van der Waals surface area contributed by atoms with Crippen molar-refractivity contribution in [2.24, 2.45) is 0 Å². The molecular formula is C7H3BrF3NO. The summed E-state index contributed by atoms with van der Waals surface area (Å²) >= 11 is 2.77. The van der Waals surface area contributed by atoms with Crippen LogP contribution >= 0.6 is 15.9 Å². The van der Waals surface area contributed by atoms with Crippen molar-refractivity contribution >= 4 is 22.2 Å². The Morgan fingerprint density at radius 3 is 2.62 bits per heavy atom. The normalized spacial score (nSPS) is 10.5. The average molecular weight is 254 g/mol. The lowest BCUT2D eigenvalue weighted by molar-refractivity contribution is 0.111. The van der Waals surface area contributed by atoms with Gasteiger partial charge >= 0.3 is 0 Å². The smallest absolute Gasteiger partial charge is 0.283 e. The lowest BCUT2D eigenvalue weighted by Crippen LogP contribution is -1.99. The van der Waals surface area contributed by atoms with Crippen LogP contribution in [0.4, 0.5) is 13.2 Å². The molecule has 0 bridgehead atoms. The Morgan fingerprint density at radius 2 is 2.15 bits per heavy atom. The number of carbonyl (C=O) groups excluding carboxylic acids is 1. The highest BCUT2D eigenvalue weighted by molar-refractivity contribution is 9.10. The second kappa shape index (κ2) is 3.87. The molecule has 0 atom stereocenters. The minimum absolute atomic E-state index is 0.0841. The number of aldehydes is 1. The molecule has 0 aliphatic carbocycles. The molecule has 2 nitrogen and oxygen atoms in total. The summed E-state index contributed by atoms with van der Waals surface area (Å²) in [6.07, 6.45) is -2.66. The molecular weight excluding hydrogens is 251 g/mol. The minimum atomic E-state index is -2.99. The molecule has 0 fully saturated rings. The third-order valence-corrected chi connectivity index (χ3v) is 1.95. The fourth-order valence-corrected chi connectivity index (χ4v) is 1.13. The van der Waals surface area contributed by atoms with E-state index in [1.807, 2.05) is 0 Å². The Balaban J connectivity index is 3.28. The van der Waals surface area contributed by atoms with Crippen molar-refractivity contribution in [1.29, 1.82) is 0 Å². The average Bonchev–Trinajstić information content (AvgIpc) is 2.07. The first kappa shape index (κ1) is 10.2. The summed E-state index contributed by atoms with van der Waals surface area (Å²) in [6.45, 7) is 0. The van der Waals surface area contributed by atoms with Crippen molar-refractivity contribution in [3.63, 3.8) is 0 Å². The molecule has 0 aliphatic heterocycles. The van der Waals surface area contributed by atoms with Gasteiger partial charge in [0.25, 0.3) is 6.43 Å². The van der Waals surface area contributed by atoms with Crippen molar-refractivity contribution in [3.8, 4) is 0 Å². The highest BCUT2D eigenvalue weighted by Gasteiger charge is 2.17. The van der Waals surface area contributed by atoms with Crippen molar-refractivity contribution in [2.75, 3.05) is 0 Å². The molecule has 6 heteroatoms. The van der Waals surface area contributed by atoms with Gasteiger partial charge in [0.15, 0.2) is 12.1 Å². The second-order valence-corrected chi connectivity index (χ2v) is 2.91. The lowest BCUT2D eigenvalue weighted by atomic mass is 10.2. The van der Waals surface area contributed by atoms with E-state index in [4.69, 9.17) is 0 Å². The predicted octanol–water partition coefficient (Wildman–Crippen LogP) is 2.73. The van der Waals surface area contributed by atoms with E-state index in [0.717, 1.165) is 0 Å². The first-order valence-corrected chi connectivity index (χ1v) is 3.95. The number of carbonyl (C=O) groups is 1. The number of halogens is 4. The summed E-state index contributed by atoms with van der Waals surface area (Å²) in [6, 6.07) is 0.714. The second-order valence-electron chi connectivity index (χ2n) is 2.15. The minimum Gasteiger partial charge on any atom is -0.298 e. The molecule has 13 heavy (non-hydrogen) atoms. The SMILES string of the molecule is O=Cc1cc(F)c(C(F)F)nc1Br. The molecule has 1 aromatic rings. The van der Waals surface area contributed by atoms with Crippen LogP contribution in [0.15, 0.2) is 10.7 Å². The Labute approximate surface area is 79.9 Å². The summed E-state index contributed by atoms with van der Waals surface area (Å²) in [5, 5.41) is 0. The van der Waals surface area contributed by atoms with E-state index in [0.29, 0.717) is 12.4 Å². The molecule has 0 unspecified atom stereocenters. The molecule has 0 spiro atoms. The summed E-state index contributed by atoms with van der Waals surface area (Å²) < 4.78 is 36.7. The Bertz CT molecular complexity index is 343. The van der Waals surface area contributed by atoms with E-state index in [2.05, 4.69) is 20.9 Å². The summed E-state index contributed by atoms with van der Waals surface area (Å²) in [5.41, 5.74) is -1.06. The van der Waals surface area contributed by atoms with Gasteiger partial charge in [0.2, 0.25) is 0 Å². The van der Waals surface area contributed by atoms with Crippen LogP contribution in [0.2, 0.25) is 0 Å². The topological polar surface area (TPSA) is 30.0 Å². The van der Waals surface area contributed by atoms with Crippen LogP contribution in [0.1, 0.15) is 22.5 Å². The van der Waals surface area contributed by atoms with E-state index in [-0.39, 0.29) is 10.2 Å². The van der Waals surface area contributed by atoms with E-state index >= 15 is 0 Å². The molecule has 0 aromatic carbocycles. The standard InChI is InChI=1S/C7H3BrF3NO/c8-6-3(2-13)1-4(9)5(12-6)7(10)11/h1-2,7H. The van der Waals surface area contributed by atoms with Gasteiger partial charge < -0.3 is 0 Å². The maximum Gasteiger partial charge on any atom is 0.283 e. The third kappa shape index (κ3) is 2.06. The van der Waals surface area contributed by atoms with Crippen LogP contribution in [-0.2, 0) is 0 Å². The zero-order chi connectivity index (χ0) is 10.0. The number of hydrogen-bond donors (Lipinski definition) is 0. The van der Waals surface area contributed by atoms with E-state index < -0.39 is 17.9 Å². The van der Waals surface area contributed by atoms with Crippen molar-refractivity contribution < 1.29 is 18.0 Å². The number of aromatic nitrogens is 1. The third-order valence-electron chi connectivity index (χ3n) is 1.32. The molecule has 0 saturated carbocycles. The molecule has 0 N–H and O–H groups in total. The van der Waals surface area contributed by atoms with Crippen molar-refractivity contribution in [1.82, 2.24) is 4.98 Å². The Hall–Kier alpha value is -0.910. The van der Waals surface area contributed by atoms with Crippen LogP contribution in [-0.4, -0.2) is 11.3 Å². The number of rotatable bonds is 2. The molecule has 0 saturated heterocycles. The van der Waals surface area contributed by atoms with E-state index in [1.54, 1.807) is 0 Å². The molecule has 1 heterocycles. The molecule has 1 aromatic heterocycles. The van der Waals surface area contributed by atoms with Gasteiger partial charge in [-0.3, -0.25) is 4.79 Å². The van der Waals surface area contributed by atoms with Gasteiger partial charge in [0.05, 0.1) is 5.56 Å². The quantitative estimate of drug-likeness (QED) is 0.600. The van der Waals surface area contributed by atoms with Crippen LogP contribution in [0.5, 0.6) is 0 Å². The van der Waals surface area contributed by atoms with Gasteiger partial charge in [-0.2, -0.15) is 0 Å². The lowest BCUT2D eigenvalue weighted by Gasteiger charge is -2.02. The maximum atomic E-state index is 12.7. The largest absolute Gasteiger partial charge is 0.298 e. The summed E-state index contributed by atoms with van der Waals surface area (Å²) in [5.74, 6) is -1.18.